The van der Waals surface area contributed by atoms with Crippen LogP contribution in [0.25, 0.3) is 0 Å². The normalized spacial score (nSPS) is 21.5. The Balaban J connectivity index is 2.17. The first kappa shape index (κ1) is 12.5. The van der Waals surface area contributed by atoms with Gasteiger partial charge in [0.05, 0.1) is 0 Å². The molecule has 0 aromatic carbocycles. The van der Waals surface area contributed by atoms with E-state index in [4.69, 9.17) is 6.42 Å². The van der Waals surface area contributed by atoms with Crippen LogP contribution in [0.15, 0.2) is 0 Å². The second-order valence-electron chi connectivity index (χ2n) is 4.41. The van der Waals surface area contributed by atoms with Crippen LogP contribution < -0.4 is 5.32 Å². The van der Waals surface area contributed by atoms with Gasteiger partial charge in [-0.05, 0) is 51.4 Å². The topological polar surface area (TPSA) is 15.3 Å². The molecule has 1 atom stereocenters. The second-order valence-corrected chi connectivity index (χ2v) is 4.41. The zero-order valence-corrected chi connectivity index (χ0v) is 9.97. The summed E-state index contributed by atoms with van der Waals surface area (Å²) in [7, 11) is 0. The number of terminal acetylenes is 1. The lowest BCUT2D eigenvalue weighted by Crippen LogP contribution is -2.38. The molecule has 0 saturated carbocycles. The van der Waals surface area contributed by atoms with Crippen LogP contribution in [0, 0.1) is 18.3 Å². The standard InChI is InChI=1S/C13H24N2/c1-3-5-6-10-15(4-2)12-13-8-7-9-14-11-13/h1,13-14H,4-12H2,2H3. The fourth-order valence-corrected chi connectivity index (χ4v) is 2.23. The van der Waals surface area contributed by atoms with Crippen LogP contribution in [-0.2, 0) is 0 Å². The fraction of sp³-hybridized carbons (Fsp3) is 0.846. The zero-order valence-electron chi connectivity index (χ0n) is 9.97. The molecule has 0 spiro atoms. The first-order chi connectivity index (χ1) is 7.36. The van der Waals surface area contributed by atoms with Crippen LogP contribution in [0.4, 0.5) is 0 Å². The SMILES string of the molecule is C#CCCCN(CC)CC1CCCNC1. The summed E-state index contributed by atoms with van der Waals surface area (Å²) in [6.07, 6.45) is 10.0. The summed E-state index contributed by atoms with van der Waals surface area (Å²) >= 11 is 0. The molecule has 0 aliphatic carbocycles. The number of piperidine rings is 1. The highest BCUT2D eigenvalue weighted by Gasteiger charge is 2.15. The minimum absolute atomic E-state index is 0.851. The molecule has 1 saturated heterocycles. The molecule has 2 heteroatoms. The third-order valence-corrected chi connectivity index (χ3v) is 3.16. The van der Waals surface area contributed by atoms with E-state index in [9.17, 15) is 0 Å². The van der Waals surface area contributed by atoms with Gasteiger partial charge in [0.2, 0.25) is 0 Å². The van der Waals surface area contributed by atoms with Crippen molar-refractivity contribution in [3.05, 3.63) is 0 Å². The van der Waals surface area contributed by atoms with Crippen molar-refractivity contribution >= 4 is 0 Å². The maximum Gasteiger partial charge on any atom is 0.00982 e. The quantitative estimate of drug-likeness (QED) is 0.528. The van der Waals surface area contributed by atoms with Crippen molar-refractivity contribution in [1.29, 1.82) is 0 Å². The summed E-state index contributed by atoms with van der Waals surface area (Å²) in [6, 6.07) is 0. The molecular formula is C13H24N2. The van der Waals surface area contributed by atoms with Crippen molar-refractivity contribution in [2.75, 3.05) is 32.7 Å². The van der Waals surface area contributed by atoms with Crippen molar-refractivity contribution in [2.45, 2.75) is 32.6 Å². The Morgan fingerprint density at radius 3 is 3.00 bits per heavy atom. The Kier molecular flexibility index (Phi) is 6.47. The van der Waals surface area contributed by atoms with Crippen LogP contribution in [0.3, 0.4) is 0 Å². The summed E-state index contributed by atoms with van der Waals surface area (Å²) in [5, 5.41) is 3.47. The van der Waals surface area contributed by atoms with E-state index in [0.717, 1.165) is 31.8 Å². The molecule has 1 fully saturated rings. The molecular weight excluding hydrogens is 184 g/mol. The van der Waals surface area contributed by atoms with E-state index in [1.165, 1.54) is 32.5 Å². The number of hydrogen-bond donors (Lipinski definition) is 1. The summed E-state index contributed by atoms with van der Waals surface area (Å²) in [5.74, 6) is 3.56. The monoisotopic (exact) mass is 208 g/mol. The summed E-state index contributed by atoms with van der Waals surface area (Å²) in [5.41, 5.74) is 0. The van der Waals surface area contributed by atoms with Crippen molar-refractivity contribution in [3.63, 3.8) is 0 Å². The van der Waals surface area contributed by atoms with E-state index in [0.29, 0.717) is 0 Å². The second kappa shape index (κ2) is 7.73. The highest BCUT2D eigenvalue weighted by molar-refractivity contribution is 4.83. The molecule has 1 unspecified atom stereocenters. The van der Waals surface area contributed by atoms with Crippen LogP contribution >= 0.6 is 0 Å². The summed E-state index contributed by atoms with van der Waals surface area (Å²) < 4.78 is 0. The number of unbranched alkanes of at least 4 members (excludes halogenated alkanes) is 1. The zero-order chi connectivity index (χ0) is 10.9. The smallest absolute Gasteiger partial charge is 0.00982 e. The number of nitrogens with one attached hydrogen (secondary N) is 1. The average Bonchev–Trinajstić information content (AvgIpc) is 2.29. The van der Waals surface area contributed by atoms with Crippen LogP contribution in [-0.4, -0.2) is 37.6 Å². The van der Waals surface area contributed by atoms with Gasteiger partial charge in [-0.3, -0.25) is 0 Å². The molecule has 0 aromatic rings. The molecule has 0 aromatic heterocycles. The van der Waals surface area contributed by atoms with Gasteiger partial charge in [-0.25, -0.2) is 0 Å². The maximum absolute atomic E-state index is 5.26. The molecule has 1 N–H and O–H groups in total. The third kappa shape index (κ3) is 5.20. The molecule has 0 radical (unpaired) electrons. The highest BCUT2D eigenvalue weighted by Crippen LogP contribution is 2.11. The van der Waals surface area contributed by atoms with E-state index in [1.54, 1.807) is 0 Å². The molecule has 0 bridgehead atoms. The first-order valence-electron chi connectivity index (χ1n) is 6.23. The molecule has 15 heavy (non-hydrogen) atoms. The Bertz CT molecular complexity index is 189. The summed E-state index contributed by atoms with van der Waals surface area (Å²) in [6.45, 7) is 8.21. The Hall–Kier alpha value is -0.520. The molecule has 0 amide bonds. The van der Waals surface area contributed by atoms with Gasteiger partial charge in [-0.1, -0.05) is 6.92 Å². The average molecular weight is 208 g/mol. The van der Waals surface area contributed by atoms with Crippen molar-refractivity contribution in [1.82, 2.24) is 10.2 Å². The molecule has 2 nitrogen and oxygen atoms in total. The van der Waals surface area contributed by atoms with E-state index in [-0.39, 0.29) is 0 Å². The fourth-order valence-electron chi connectivity index (χ4n) is 2.23. The lowest BCUT2D eigenvalue weighted by Gasteiger charge is -2.29. The number of nitrogens with zero attached hydrogens (tertiary/aromatic N) is 1. The van der Waals surface area contributed by atoms with Gasteiger partial charge in [0.25, 0.3) is 0 Å². The maximum atomic E-state index is 5.26. The highest BCUT2D eigenvalue weighted by atomic mass is 15.1. The van der Waals surface area contributed by atoms with Crippen molar-refractivity contribution < 1.29 is 0 Å². The molecule has 1 rings (SSSR count). The van der Waals surface area contributed by atoms with Gasteiger partial charge in [0.15, 0.2) is 0 Å². The van der Waals surface area contributed by atoms with E-state index < -0.39 is 0 Å². The Morgan fingerprint density at radius 1 is 1.53 bits per heavy atom. The van der Waals surface area contributed by atoms with Gasteiger partial charge < -0.3 is 10.2 Å². The minimum atomic E-state index is 0.851. The molecule has 1 heterocycles. The number of rotatable bonds is 6. The van der Waals surface area contributed by atoms with E-state index >= 15 is 0 Å². The van der Waals surface area contributed by atoms with Gasteiger partial charge in [-0.15, -0.1) is 12.3 Å². The van der Waals surface area contributed by atoms with Gasteiger partial charge in [-0.2, -0.15) is 0 Å². The van der Waals surface area contributed by atoms with E-state index in [1.807, 2.05) is 0 Å². The first-order valence-corrected chi connectivity index (χ1v) is 6.23. The molecule has 86 valence electrons. The summed E-state index contributed by atoms with van der Waals surface area (Å²) in [4.78, 5) is 2.54. The van der Waals surface area contributed by atoms with Crippen molar-refractivity contribution in [3.8, 4) is 12.3 Å². The minimum Gasteiger partial charge on any atom is -0.316 e. The van der Waals surface area contributed by atoms with E-state index in [2.05, 4.69) is 23.1 Å². The molecule has 1 aliphatic rings. The van der Waals surface area contributed by atoms with Crippen molar-refractivity contribution in [2.24, 2.45) is 5.92 Å². The third-order valence-electron chi connectivity index (χ3n) is 3.16. The van der Waals surface area contributed by atoms with Gasteiger partial charge in [0, 0.05) is 13.0 Å². The van der Waals surface area contributed by atoms with Crippen LogP contribution in [0.5, 0.6) is 0 Å². The number of hydrogen-bond acceptors (Lipinski definition) is 2. The largest absolute Gasteiger partial charge is 0.316 e. The van der Waals surface area contributed by atoms with Gasteiger partial charge in [0.1, 0.15) is 0 Å². The van der Waals surface area contributed by atoms with Crippen LogP contribution in [0.1, 0.15) is 32.6 Å². The Labute approximate surface area is 94.4 Å². The lowest BCUT2D eigenvalue weighted by atomic mass is 9.99. The predicted octanol–water partition coefficient (Wildman–Crippen LogP) is 1.72. The molecule has 1 aliphatic heterocycles. The lowest BCUT2D eigenvalue weighted by molar-refractivity contribution is 0.215. The van der Waals surface area contributed by atoms with Crippen LogP contribution in [0.2, 0.25) is 0 Å². The van der Waals surface area contributed by atoms with Gasteiger partial charge >= 0.3 is 0 Å². The predicted molar refractivity (Wildman–Crippen MR) is 65.8 cm³/mol. The Morgan fingerprint density at radius 2 is 2.40 bits per heavy atom.